The zero-order valence-corrected chi connectivity index (χ0v) is 10.8. The highest BCUT2D eigenvalue weighted by atomic mass is 35.5. The third kappa shape index (κ3) is 3.08. The Kier molecular flexibility index (Phi) is 4.99. The largest absolute Gasteiger partial charge is 0.329 e. The van der Waals surface area contributed by atoms with Crippen LogP contribution in [0.4, 0.5) is 4.39 Å². The first-order valence-electron chi connectivity index (χ1n) is 5.02. The Bertz CT molecular complexity index is 371. The summed E-state index contributed by atoms with van der Waals surface area (Å²) >= 11 is 11.7. The summed E-state index contributed by atoms with van der Waals surface area (Å²) in [5.41, 5.74) is 6.19. The van der Waals surface area contributed by atoms with Gasteiger partial charge in [0.25, 0.3) is 0 Å². The molecule has 0 aliphatic rings. The third-order valence-electron chi connectivity index (χ3n) is 2.63. The number of halogens is 3. The van der Waals surface area contributed by atoms with Gasteiger partial charge in [-0.3, -0.25) is 4.90 Å². The van der Waals surface area contributed by atoms with Gasteiger partial charge in [-0.05, 0) is 31.7 Å². The Hall–Kier alpha value is -0.350. The quantitative estimate of drug-likeness (QED) is 0.848. The first-order valence-corrected chi connectivity index (χ1v) is 5.77. The second-order valence-electron chi connectivity index (χ2n) is 3.73. The van der Waals surface area contributed by atoms with Crippen LogP contribution in [0.25, 0.3) is 0 Å². The molecule has 90 valence electrons. The molecule has 5 heteroatoms. The predicted molar refractivity (Wildman–Crippen MR) is 66.5 cm³/mol. The van der Waals surface area contributed by atoms with Gasteiger partial charge in [-0.25, -0.2) is 4.39 Å². The maximum absolute atomic E-state index is 13.3. The molecule has 0 aromatic heterocycles. The summed E-state index contributed by atoms with van der Waals surface area (Å²) < 4.78 is 13.3. The Labute approximate surface area is 105 Å². The van der Waals surface area contributed by atoms with Crippen molar-refractivity contribution in [2.45, 2.75) is 13.0 Å². The van der Waals surface area contributed by atoms with Gasteiger partial charge in [0.05, 0.1) is 5.02 Å². The Morgan fingerprint density at radius 3 is 2.56 bits per heavy atom. The maximum atomic E-state index is 13.3. The topological polar surface area (TPSA) is 29.3 Å². The van der Waals surface area contributed by atoms with Crippen molar-refractivity contribution in [1.29, 1.82) is 0 Å². The van der Waals surface area contributed by atoms with Gasteiger partial charge in [-0.2, -0.15) is 0 Å². The van der Waals surface area contributed by atoms with Gasteiger partial charge in [0, 0.05) is 24.2 Å². The molecular weight excluding hydrogens is 250 g/mol. The van der Waals surface area contributed by atoms with Gasteiger partial charge < -0.3 is 5.73 Å². The minimum atomic E-state index is -0.450. The Morgan fingerprint density at radius 2 is 2.00 bits per heavy atom. The highest BCUT2D eigenvalue weighted by Gasteiger charge is 2.16. The van der Waals surface area contributed by atoms with Crippen molar-refractivity contribution >= 4 is 23.2 Å². The fourth-order valence-corrected chi connectivity index (χ4v) is 2.03. The standard InChI is InChI=1S/C11H15Cl2FN2/c1-7(16(2)4-3-15)8-5-11(14)10(13)6-9(8)12/h5-7H,3-4,15H2,1-2H3. The molecule has 0 aliphatic heterocycles. The molecule has 2 N–H and O–H groups in total. The van der Waals surface area contributed by atoms with E-state index >= 15 is 0 Å². The van der Waals surface area contributed by atoms with Crippen LogP contribution < -0.4 is 5.73 Å². The van der Waals surface area contributed by atoms with Gasteiger partial charge in [0.15, 0.2) is 0 Å². The van der Waals surface area contributed by atoms with Crippen LogP contribution >= 0.6 is 23.2 Å². The maximum Gasteiger partial charge on any atom is 0.142 e. The zero-order valence-electron chi connectivity index (χ0n) is 9.30. The monoisotopic (exact) mass is 264 g/mol. The highest BCUT2D eigenvalue weighted by molar-refractivity contribution is 6.35. The van der Waals surface area contributed by atoms with Crippen molar-refractivity contribution in [3.8, 4) is 0 Å². The number of benzene rings is 1. The summed E-state index contributed by atoms with van der Waals surface area (Å²) in [4.78, 5) is 2.01. The Balaban J connectivity index is 2.99. The molecule has 0 heterocycles. The lowest BCUT2D eigenvalue weighted by Crippen LogP contribution is -2.28. The number of nitrogens with two attached hydrogens (primary N) is 1. The van der Waals surface area contributed by atoms with Gasteiger partial charge >= 0.3 is 0 Å². The number of nitrogens with zero attached hydrogens (tertiary/aromatic N) is 1. The van der Waals surface area contributed by atoms with Crippen LogP contribution in [0.2, 0.25) is 10.0 Å². The number of hydrogen-bond acceptors (Lipinski definition) is 2. The van der Waals surface area contributed by atoms with Crippen LogP contribution in [0, 0.1) is 5.82 Å². The number of rotatable bonds is 4. The first kappa shape index (κ1) is 13.7. The minimum absolute atomic E-state index is 0.00261. The van der Waals surface area contributed by atoms with E-state index in [-0.39, 0.29) is 11.1 Å². The van der Waals surface area contributed by atoms with Gasteiger partial charge in [-0.1, -0.05) is 23.2 Å². The predicted octanol–water partition coefficient (Wildman–Crippen LogP) is 3.08. The van der Waals surface area contributed by atoms with E-state index in [1.54, 1.807) is 0 Å². The summed E-state index contributed by atoms with van der Waals surface area (Å²) in [7, 11) is 1.92. The molecular formula is C11H15Cl2FN2. The van der Waals surface area contributed by atoms with Crippen LogP contribution in [-0.4, -0.2) is 25.0 Å². The Morgan fingerprint density at radius 1 is 1.38 bits per heavy atom. The second-order valence-corrected chi connectivity index (χ2v) is 4.55. The van der Waals surface area contributed by atoms with E-state index in [1.807, 2.05) is 18.9 Å². The third-order valence-corrected chi connectivity index (χ3v) is 3.25. The van der Waals surface area contributed by atoms with Crippen molar-refractivity contribution in [2.24, 2.45) is 5.73 Å². The highest BCUT2D eigenvalue weighted by Crippen LogP contribution is 2.30. The average Bonchev–Trinajstić information content (AvgIpc) is 2.23. The van der Waals surface area contributed by atoms with E-state index in [4.69, 9.17) is 28.9 Å². The normalized spacial score (nSPS) is 13.2. The molecule has 0 aliphatic carbocycles. The van der Waals surface area contributed by atoms with Crippen molar-refractivity contribution in [2.75, 3.05) is 20.1 Å². The van der Waals surface area contributed by atoms with Gasteiger partial charge in [0.2, 0.25) is 0 Å². The minimum Gasteiger partial charge on any atom is -0.329 e. The van der Waals surface area contributed by atoms with Crippen LogP contribution in [0.15, 0.2) is 12.1 Å². The number of likely N-dealkylation sites (N-methyl/N-ethyl adjacent to an activating group) is 1. The zero-order chi connectivity index (χ0) is 12.3. The summed E-state index contributed by atoms with van der Waals surface area (Å²) in [6.45, 7) is 3.22. The van der Waals surface area contributed by atoms with E-state index in [0.717, 1.165) is 12.1 Å². The lowest BCUT2D eigenvalue weighted by molar-refractivity contribution is 0.268. The van der Waals surface area contributed by atoms with E-state index < -0.39 is 5.82 Å². The molecule has 1 unspecified atom stereocenters. The van der Waals surface area contributed by atoms with Gasteiger partial charge in [0.1, 0.15) is 5.82 Å². The molecule has 1 aromatic carbocycles. The van der Waals surface area contributed by atoms with Crippen molar-refractivity contribution in [1.82, 2.24) is 4.90 Å². The lowest BCUT2D eigenvalue weighted by Gasteiger charge is -2.25. The molecule has 1 rings (SSSR count). The molecule has 16 heavy (non-hydrogen) atoms. The van der Waals surface area contributed by atoms with Crippen LogP contribution in [-0.2, 0) is 0 Å². The van der Waals surface area contributed by atoms with E-state index in [9.17, 15) is 4.39 Å². The van der Waals surface area contributed by atoms with Crippen LogP contribution in [0.5, 0.6) is 0 Å². The lowest BCUT2D eigenvalue weighted by atomic mass is 10.1. The smallest absolute Gasteiger partial charge is 0.142 e. The summed E-state index contributed by atoms with van der Waals surface area (Å²) in [5, 5.41) is 0.519. The summed E-state index contributed by atoms with van der Waals surface area (Å²) in [6, 6.07) is 2.81. The van der Waals surface area contributed by atoms with E-state index in [0.29, 0.717) is 11.6 Å². The van der Waals surface area contributed by atoms with E-state index in [1.165, 1.54) is 12.1 Å². The molecule has 1 aromatic rings. The van der Waals surface area contributed by atoms with E-state index in [2.05, 4.69) is 0 Å². The molecule has 0 spiro atoms. The van der Waals surface area contributed by atoms with Crippen molar-refractivity contribution in [3.63, 3.8) is 0 Å². The van der Waals surface area contributed by atoms with Gasteiger partial charge in [-0.15, -0.1) is 0 Å². The second kappa shape index (κ2) is 5.82. The molecule has 1 atom stereocenters. The molecule has 0 amide bonds. The summed E-state index contributed by atoms with van der Waals surface area (Å²) in [5.74, 6) is -0.450. The molecule has 0 fully saturated rings. The van der Waals surface area contributed by atoms with Crippen LogP contribution in [0.3, 0.4) is 0 Å². The fraction of sp³-hybridized carbons (Fsp3) is 0.455. The van der Waals surface area contributed by atoms with Crippen molar-refractivity contribution < 1.29 is 4.39 Å². The summed E-state index contributed by atoms with van der Waals surface area (Å²) in [6.07, 6.45) is 0. The molecule has 0 saturated heterocycles. The molecule has 0 bridgehead atoms. The molecule has 0 saturated carbocycles. The number of hydrogen-bond donors (Lipinski definition) is 1. The molecule has 2 nitrogen and oxygen atoms in total. The SMILES string of the molecule is CC(c1cc(F)c(Cl)cc1Cl)N(C)CCN. The van der Waals surface area contributed by atoms with Crippen LogP contribution in [0.1, 0.15) is 18.5 Å². The van der Waals surface area contributed by atoms with Crippen molar-refractivity contribution in [3.05, 3.63) is 33.6 Å². The fourth-order valence-electron chi connectivity index (χ4n) is 1.49. The molecule has 0 radical (unpaired) electrons. The first-order chi connectivity index (χ1) is 7.47. The average molecular weight is 265 g/mol.